The first-order valence-electron chi connectivity index (χ1n) is 22.7. The van der Waals surface area contributed by atoms with Crippen molar-refractivity contribution in [3.8, 4) is 6.07 Å². The van der Waals surface area contributed by atoms with E-state index in [0.717, 1.165) is 48.5 Å². The van der Waals surface area contributed by atoms with E-state index < -0.39 is 82.1 Å². The molecule has 0 bridgehead atoms. The average Bonchev–Trinajstić information content (AvgIpc) is 4.50. The maximum absolute atomic E-state index is 12.2. The van der Waals surface area contributed by atoms with E-state index in [1.807, 2.05) is 19.2 Å². The second-order valence-corrected chi connectivity index (χ2v) is 20.4. The molecule has 0 aliphatic rings. The number of hydrogen-bond acceptors (Lipinski definition) is 21. The number of benzene rings is 4. The molecule has 0 fully saturated rings. The summed E-state index contributed by atoms with van der Waals surface area (Å²) in [5, 5.41) is 43.1. The van der Waals surface area contributed by atoms with E-state index in [1.54, 1.807) is 6.07 Å². The van der Waals surface area contributed by atoms with Gasteiger partial charge in [0, 0.05) is 47.8 Å². The fraction of sp³-hybridized carbons (Fsp3) is 0.196. The zero-order chi connectivity index (χ0) is 65.4. The van der Waals surface area contributed by atoms with Gasteiger partial charge in [-0.1, -0.05) is 39.3 Å². The van der Waals surface area contributed by atoms with E-state index in [9.17, 15) is 93.8 Å². The largest absolute Gasteiger partial charge is 0.470 e. The Morgan fingerprint density at radius 3 is 0.920 bits per heavy atom. The number of aromatic nitrogens is 8. The summed E-state index contributed by atoms with van der Waals surface area (Å²) in [6.45, 7) is 3.71. The normalized spacial score (nSPS) is 11.7. The highest BCUT2D eigenvalue weighted by atomic mass is 32.2. The Morgan fingerprint density at radius 2 is 0.682 bits per heavy atom. The van der Waals surface area contributed by atoms with Gasteiger partial charge in [0.15, 0.2) is 6.07 Å². The number of hydrogen-bond donors (Lipinski definition) is 4. The number of nitriles is 1. The Bertz CT molecular complexity index is 3530. The first-order chi connectivity index (χ1) is 40.9. The van der Waals surface area contributed by atoms with Crippen LogP contribution >= 0.6 is 47.0 Å². The third-order valence-corrected chi connectivity index (χ3v) is 12.0. The van der Waals surface area contributed by atoms with Crippen LogP contribution < -0.4 is 21.3 Å². The van der Waals surface area contributed by atoms with Gasteiger partial charge >= 0.3 is 70.5 Å². The lowest BCUT2D eigenvalue weighted by molar-refractivity contribution is -0.156. The number of nitrogens with zero attached hydrogens (tertiary/aromatic N) is 9. The molecule has 0 unspecified atom stereocenters. The van der Waals surface area contributed by atoms with Crippen LogP contribution in [0.15, 0.2) is 134 Å². The molecule has 0 radical (unpaired) electrons. The van der Waals surface area contributed by atoms with Crippen molar-refractivity contribution in [3.05, 3.63) is 143 Å². The molecule has 0 atom stereocenters. The molecule has 4 aromatic carbocycles. The smallest absolute Gasteiger partial charge is 0.408 e. The Hall–Kier alpha value is -8.98. The van der Waals surface area contributed by atoms with Crippen molar-refractivity contribution in [2.75, 3.05) is 21.3 Å². The number of nitrogens with one attached hydrogen (secondary N) is 4. The number of thioether (sulfide) groups is 4. The molecule has 4 N–H and O–H groups in total. The van der Waals surface area contributed by atoms with Gasteiger partial charge in [-0.3, -0.25) is 40.4 Å². The van der Waals surface area contributed by atoms with E-state index in [0.29, 0.717) is 5.89 Å². The number of halogens is 17. The predicted molar refractivity (Wildman–Crippen MR) is 271 cm³/mol. The third kappa shape index (κ3) is 24.4. The number of carbonyl (C=O) groups is 4. The first-order valence-corrected chi connectivity index (χ1v) is 25.9. The molecule has 4 aromatic heterocycles. The zero-order valence-corrected chi connectivity index (χ0v) is 46.0. The summed E-state index contributed by atoms with van der Waals surface area (Å²) in [6.07, 6.45) is -7.83. The minimum absolute atomic E-state index is 0.00308. The fourth-order valence-corrected chi connectivity index (χ4v) is 7.67. The van der Waals surface area contributed by atoms with Crippen molar-refractivity contribution in [2.24, 2.45) is 0 Å². The second kappa shape index (κ2) is 30.1. The van der Waals surface area contributed by atoms with Gasteiger partial charge < -0.3 is 17.7 Å². The molecule has 21 nitrogen and oxygen atoms in total. The van der Waals surface area contributed by atoms with Gasteiger partial charge in [-0.25, -0.2) is 0 Å². The lowest BCUT2D eigenvalue weighted by Gasteiger charge is -2.06. The van der Waals surface area contributed by atoms with Gasteiger partial charge in [0.2, 0.25) is 5.89 Å². The Labute approximate surface area is 494 Å². The first kappa shape index (κ1) is 69.8. The summed E-state index contributed by atoms with van der Waals surface area (Å²) >= 11 is -1.21. The summed E-state index contributed by atoms with van der Waals surface area (Å²) in [6, 6.07) is 18.5. The molecule has 0 spiro atoms. The number of rotatable bonds is 14. The molecular formula is C46H28F17N13O8S4. The minimum atomic E-state index is -4.85. The van der Waals surface area contributed by atoms with Crippen LogP contribution in [-0.2, 0) is 6.18 Å². The van der Waals surface area contributed by atoms with Crippen LogP contribution in [0.1, 0.15) is 91.2 Å². The third-order valence-electron chi connectivity index (χ3n) is 9.03. The van der Waals surface area contributed by atoms with Gasteiger partial charge in [-0.15, -0.1) is 15.3 Å². The van der Waals surface area contributed by atoms with Gasteiger partial charge in [-0.2, -0.15) is 79.9 Å². The number of anilines is 4. The van der Waals surface area contributed by atoms with E-state index >= 15 is 0 Å². The van der Waals surface area contributed by atoms with E-state index in [1.165, 1.54) is 48.5 Å². The summed E-state index contributed by atoms with van der Waals surface area (Å²) in [7, 11) is 0. The molecule has 468 valence electrons. The molecule has 0 saturated carbocycles. The van der Waals surface area contributed by atoms with Gasteiger partial charge in [0.1, 0.15) is 0 Å². The fourth-order valence-electron chi connectivity index (χ4n) is 5.51. The van der Waals surface area contributed by atoms with Crippen LogP contribution in [0.25, 0.3) is 0 Å². The van der Waals surface area contributed by atoms with Crippen molar-refractivity contribution < 1.29 is 111 Å². The summed E-state index contributed by atoms with van der Waals surface area (Å²) in [5.41, 5.74) is -17.4. The molecule has 42 heteroatoms. The van der Waals surface area contributed by atoms with Crippen LogP contribution in [-0.4, -0.2) is 86.5 Å². The summed E-state index contributed by atoms with van der Waals surface area (Å²) in [5.74, 6) is -5.38. The number of amides is 4. The summed E-state index contributed by atoms with van der Waals surface area (Å²) in [4.78, 5) is 46.9. The predicted octanol–water partition coefficient (Wildman–Crippen LogP) is 14.7. The van der Waals surface area contributed by atoms with Crippen molar-refractivity contribution in [3.63, 3.8) is 0 Å². The van der Waals surface area contributed by atoms with Crippen LogP contribution in [0, 0.1) is 11.3 Å². The number of carbonyl (C=O) groups excluding carboxylic acids is 4. The monoisotopic (exact) mass is 1340 g/mol. The number of alkyl halides is 17. The molecule has 8 rings (SSSR count). The molecule has 0 aliphatic heterocycles. The minimum Gasteiger partial charge on any atom is -0.408 e. The van der Waals surface area contributed by atoms with Crippen LogP contribution in [0.5, 0.6) is 0 Å². The second-order valence-electron chi connectivity index (χ2n) is 15.9. The summed E-state index contributed by atoms with van der Waals surface area (Å²) < 4.78 is 226. The molecule has 0 aliphatic carbocycles. The average molecular weight is 1340 g/mol. The molecule has 0 saturated heterocycles. The lowest BCUT2D eigenvalue weighted by atomic mass is 10.2. The van der Waals surface area contributed by atoms with E-state index in [2.05, 4.69) is 65.6 Å². The van der Waals surface area contributed by atoms with Crippen molar-refractivity contribution in [1.29, 1.82) is 5.26 Å². The van der Waals surface area contributed by atoms with Crippen LogP contribution in [0.3, 0.4) is 0 Å². The van der Waals surface area contributed by atoms with Gasteiger partial charge in [0.05, 0.1) is 0 Å². The molecular weight excluding hydrogens is 1310 g/mol. The van der Waals surface area contributed by atoms with Gasteiger partial charge in [-0.05, 0) is 144 Å². The zero-order valence-electron chi connectivity index (χ0n) is 42.7. The SMILES string of the molecule is CC(C)c1nnc(NC(=O)c2ccc(SC(F)(F)F)cc2)o1.N#Cc1nnc(NC(=O)c2ccc(SC(F)(F)F)cc2)o1.O=C(Nc1nnc(C(F)(F)F)o1)c1ccc(SC(F)(F)F)cc1.O=C(Nc1nnc(C(F)F)o1)c1ccc(SC(F)(F)F)cc1. The van der Waals surface area contributed by atoms with E-state index in [4.69, 9.17) is 14.1 Å². The quantitative estimate of drug-likeness (QED) is 0.0581. The van der Waals surface area contributed by atoms with Gasteiger partial charge in [0.25, 0.3) is 29.5 Å². The molecule has 8 aromatic rings. The molecule has 88 heavy (non-hydrogen) atoms. The topological polar surface area (TPSA) is 296 Å². The highest BCUT2D eigenvalue weighted by molar-refractivity contribution is 8.00. The highest BCUT2D eigenvalue weighted by Gasteiger charge is 2.39. The lowest BCUT2D eigenvalue weighted by Crippen LogP contribution is -2.12. The van der Waals surface area contributed by atoms with Crippen molar-refractivity contribution >= 4 is 94.7 Å². The molecule has 4 amide bonds. The molecule has 4 heterocycles. The highest BCUT2D eigenvalue weighted by Crippen LogP contribution is 2.40. The van der Waals surface area contributed by atoms with Crippen LogP contribution in [0.4, 0.5) is 98.7 Å². The van der Waals surface area contributed by atoms with Crippen LogP contribution in [0.2, 0.25) is 0 Å². The maximum atomic E-state index is 12.2. The Balaban J connectivity index is 0.000000214. The van der Waals surface area contributed by atoms with Crippen molar-refractivity contribution in [2.45, 2.75) is 74.0 Å². The Kier molecular flexibility index (Phi) is 23.9. The standard InChI is InChI=1S/C13H12F3N3O2S.C11H5F6N3O2S.C11H6F5N3O2S.C11H5F3N4O2S/c1-7(2)11-18-19-12(21-11)17-10(20)8-3-5-9(6-4-8)22-13(14,15)16;12-10(13,14)8-19-20-9(22-8)18-7(21)5-1-3-6(4-2-5)23-11(15,16)17;12-7(13)9-18-19-10(21-9)17-8(20)5-1-3-6(4-2-5)22-11(14,15)16;12-11(13,14)21-7-3-1-6(2-4-7)9(19)16-10-18-17-8(5-15)20-10/h3-7H,1-2H3,(H,17,19,20);1-4H,(H,18,20,21);1-4,7H,(H,17,19,20);1-4H,(H,16,18,19). The maximum Gasteiger partial charge on any atom is 0.470 e. The van der Waals surface area contributed by atoms with E-state index in [-0.39, 0.29) is 113 Å². The van der Waals surface area contributed by atoms with Crippen molar-refractivity contribution in [1.82, 2.24) is 40.8 Å². The Morgan fingerprint density at radius 1 is 0.409 bits per heavy atom.